The summed E-state index contributed by atoms with van der Waals surface area (Å²) in [5.74, 6) is 0.476. The molecule has 1 amide bonds. The summed E-state index contributed by atoms with van der Waals surface area (Å²) in [6.45, 7) is 5.45. The van der Waals surface area contributed by atoms with Crippen LogP contribution in [0.15, 0.2) is 31.1 Å². The molecular weight excluding hydrogens is 318 g/mol. The Bertz CT molecular complexity index is 674. The van der Waals surface area contributed by atoms with Crippen LogP contribution in [0.2, 0.25) is 0 Å². The molecule has 7 heteroatoms. The molecular formula is C18H25N5O2. The van der Waals surface area contributed by atoms with Gasteiger partial charge in [0.15, 0.2) is 0 Å². The minimum Gasteiger partial charge on any atom is -0.379 e. The van der Waals surface area contributed by atoms with Gasteiger partial charge in [-0.15, -0.1) is 0 Å². The quantitative estimate of drug-likeness (QED) is 0.794. The molecule has 2 aromatic heterocycles. The number of aryl methyl sites for hydroxylation is 2. The van der Waals surface area contributed by atoms with Gasteiger partial charge < -0.3 is 14.2 Å². The van der Waals surface area contributed by atoms with Gasteiger partial charge in [0.25, 0.3) is 0 Å². The number of aromatic nitrogens is 4. The number of hydrogen-bond donors (Lipinski definition) is 0. The summed E-state index contributed by atoms with van der Waals surface area (Å²) < 4.78 is 7.70. The Kier molecular flexibility index (Phi) is 6.11. The Morgan fingerprint density at radius 3 is 3.12 bits per heavy atom. The molecule has 134 valence electrons. The summed E-state index contributed by atoms with van der Waals surface area (Å²) in [6, 6.07) is 2.00. The van der Waals surface area contributed by atoms with E-state index in [1.807, 2.05) is 28.7 Å². The molecule has 7 nitrogen and oxygen atoms in total. The average Bonchev–Trinajstić information content (AvgIpc) is 3.00. The molecule has 0 unspecified atom stereocenters. The maximum Gasteiger partial charge on any atom is 0.222 e. The van der Waals surface area contributed by atoms with Gasteiger partial charge in [-0.3, -0.25) is 4.79 Å². The molecule has 1 aliphatic heterocycles. The van der Waals surface area contributed by atoms with Crippen molar-refractivity contribution in [1.82, 2.24) is 24.4 Å². The van der Waals surface area contributed by atoms with Gasteiger partial charge in [-0.05, 0) is 25.8 Å². The molecule has 0 N–H and O–H groups in total. The fraction of sp³-hybridized carbons (Fsp3) is 0.556. The summed E-state index contributed by atoms with van der Waals surface area (Å²) in [6.07, 6.45) is 9.24. The van der Waals surface area contributed by atoms with E-state index in [1.165, 1.54) is 0 Å². The smallest absolute Gasteiger partial charge is 0.222 e. The topological polar surface area (TPSA) is 73.1 Å². The first-order valence-corrected chi connectivity index (χ1v) is 8.79. The van der Waals surface area contributed by atoms with Gasteiger partial charge in [-0.25, -0.2) is 15.0 Å². The average molecular weight is 343 g/mol. The lowest BCUT2D eigenvalue weighted by atomic mass is 10.0. The number of imidazole rings is 1. The molecule has 0 spiro atoms. The summed E-state index contributed by atoms with van der Waals surface area (Å²) in [5, 5.41) is 0. The van der Waals surface area contributed by atoms with Crippen molar-refractivity contribution in [3.05, 3.63) is 42.5 Å². The van der Waals surface area contributed by atoms with Crippen molar-refractivity contribution in [2.45, 2.75) is 32.7 Å². The number of carbonyl (C=O) groups is 1. The van der Waals surface area contributed by atoms with Gasteiger partial charge in [0.1, 0.15) is 6.33 Å². The van der Waals surface area contributed by atoms with Crippen LogP contribution >= 0.6 is 0 Å². The van der Waals surface area contributed by atoms with E-state index in [1.54, 1.807) is 18.9 Å². The molecule has 0 radical (unpaired) electrons. The SMILES string of the molecule is Cc1cc(C[C@@H]2COCCN(C(=O)CCCn3ccnc3)C2)ncn1. The van der Waals surface area contributed by atoms with E-state index >= 15 is 0 Å². The Morgan fingerprint density at radius 2 is 2.32 bits per heavy atom. The lowest BCUT2D eigenvalue weighted by Crippen LogP contribution is -2.36. The maximum atomic E-state index is 12.6. The minimum absolute atomic E-state index is 0.203. The molecule has 0 aliphatic carbocycles. The number of amides is 1. The van der Waals surface area contributed by atoms with E-state index in [4.69, 9.17) is 4.74 Å². The van der Waals surface area contributed by atoms with Gasteiger partial charge in [-0.2, -0.15) is 0 Å². The second-order valence-electron chi connectivity index (χ2n) is 6.54. The highest BCUT2D eigenvalue weighted by Crippen LogP contribution is 2.14. The summed E-state index contributed by atoms with van der Waals surface area (Å²) >= 11 is 0. The van der Waals surface area contributed by atoms with Crippen molar-refractivity contribution in [2.75, 3.05) is 26.3 Å². The maximum absolute atomic E-state index is 12.6. The van der Waals surface area contributed by atoms with Crippen LogP contribution in [0.4, 0.5) is 0 Å². The van der Waals surface area contributed by atoms with E-state index in [0.717, 1.165) is 37.3 Å². The third-order valence-corrected chi connectivity index (χ3v) is 4.41. The Hall–Kier alpha value is -2.28. The van der Waals surface area contributed by atoms with E-state index < -0.39 is 0 Å². The van der Waals surface area contributed by atoms with E-state index in [9.17, 15) is 4.79 Å². The van der Waals surface area contributed by atoms with Crippen molar-refractivity contribution in [3.8, 4) is 0 Å². The molecule has 1 fully saturated rings. The van der Waals surface area contributed by atoms with Crippen LogP contribution in [0.3, 0.4) is 0 Å². The zero-order chi connectivity index (χ0) is 17.5. The van der Waals surface area contributed by atoms with E-state index in [-0.39, 0.29) is 11.8 Å². The highest BCUT2D eigenvalue weighted by molar-refractivity contribution is 5.76. The van der Waals surface area contributed by atoms with Gasteiger partial charge in [0.05, 0.1) is 19.5 Å². The normalized spacial score (nSPS) is 18.1. The first-order valence-electron chi connectivity index (χ1n) is 8.79. The van der Waals surface area contributed by atoms with Crippen LogP contribution in [0.1, 0.15) is 24.2 Å². The van der Waals surface area contributed by atoms with Crippen LogP contribution in [0.5, 0.6) is 0 Å². The molecule has 3 rings (SSSR count). The van der Waals surface area contributed by atoms with Crippen molar-refractivity contribution in [1.29, 1.82) is 0 Å². The van der Waals surface area contributed by atoms with Crippen molar-refractivity contribution < 1.29 is 9.53 Å². The number of ether oxygens (including phenoxy) is 1. The fourth-order valence-corrected chi connectivity index (χ4v) is 3.14. The zero-order valence-corrected chi connectivity index (χ0v) is 14.7. The third-order valence-electron chi connectivity index (χ3n) is 4.41. The Balaban J connectivity index is 1.51. The van der Waals surface area contributed by atoms with Crippen molar-refractivity contribution in [3.63, 3.8) is 0 Å². The van der Waals surface area contributed by atoms with Gasteiger partial charge in [0.2, 0.25) is 5.91 Å². The monoisotopic (exact) mass is 343 g/mol. The van der Waals surface area contributed by atoms with Gasteiger partial charge >= 0.3 is 0 Å². The predicted octanol–water partition coefficient (Wildman–Crippen LogP) is 1.48. The minimum atomic E-state index is 0.203. The van der Waals surface area contributed by atoms with Crippen LogP contribution < -0.4 is 0 Å². The van der Waals surface area contributed by atoms with Crippen molar-refractivity contribution in [2.24, 2.45) is 5.92 Å². The third kappa shape index (κ3) is 5.35. The largest absolute Gasteiger partial charge is 0.379 e. The van der Waals surface area contributed by atoms with E-state index in [0.29, 0.717) is 26.2 Å². The van der Waals surface area contributed by atoms with Crippen LogP contribution in [-0.2, 0) is 22.5 Å². The molecule has 0 aromatic carbocycles. The molecule has 0 saturated carbocycles. The zero-order valence-electron chi connectivity index (χ0n) is 14.7. The van der Waals surface area contributed by atoms with Gasteiger partial charge in [0, 0.05) is 55.8 Å². The predicted molar refractivity (Wildman–Crippen MR) is 92.8 cm³/mol. The Labute approximate surface area is 148 Å². The molecule has 0 bridgehead atoms. The molecule has 25 heavy (non-hydrogen) atoms. The standard InChI is InChI=1S/C18H25N5O2/c1-15-9-17(21-13-20-15)10-16-11-23(7-8-25-12-16)18(24)3-2-5-22-6-4-19-14-22/h4,6,9,13-14,16H,2-3,5,7-8,10-12H2,1H3/t16-/m0/s1. The summed E-state index contributed by atoms with van der Waals surface area (Å²) in [5.41, 5.74) is 1.97. The molecule has 1 atom stereocenters. The first-order chi connectivity index (χ1) is 12.2. The number of hydrogen-bond acceptors (Lipinski definition) is 5. The van der Waals surface area contributed by atoms with Crippen LogP contribution in [0.25, 0.3) is 0 Å². The van der Waals surface area contributed by atoms with E-state index in [2.05, 4.69) is 15.0 Å². The lowest BCUT2D eigenvalue weighted by Gasteiger charge is -2.23. The second-order valence-corrected chi connectivity index (χ2v) is 6.54. The lowest BCUT2D eigenvalue weighted by molar-refractivity contribution is -0.131. The summed E-state index contributed by atoms with van der Waals surface area (Å²) in [4.78, 5) is 27.0. The fourth-order valence-electron chi connectivity index (χ4n) is 3.14. The Morgan fingerprint density at radius 1 is 1.40 bits per heavy atom. The highest BCUT2D eigenvalue weighted by atomic mass is 16.5. The van der Waals surface area contributed by atoms with Crippen molar-refractivity contribution >= 4 is 5.91 Å². The van der Waals surface area contributed by atoms with Crippen LogP contribution in [-0.4, -0.2) is 56.6 Å². The number of rotatable bonds is 6. The second kappa shape index (κ2) is 8.71. The van der Waals surface area contributed by atoms with Crippen LogP contribution in [0, 0.1) is 12.8 Å². The molecule has 3 heterocycles. The molecule has 2 aromatic rings. The van der Waals surface area contributed by atoms with Gasteiger partial charge in [-0.1, -0.05) is 0 Å². The molecule has 1 aliphatic rings. The summed E-state index contributed by atoms with van der Waals surface area (Å²) in [7, 11) is 0. The molecule has 1 saturated heterocycles. The number of nitrogens with zero attached hydrogens (tertiary/aromatic N) is 5. The number of carbonyl (C=O) groups excluding carboxylic acids is 1. The first kappa shape index (κ1) is 17.5. The highest BCUT2D eigenvalue weighted by Gasteiger charge is 2.22.